The van der Waals surface area contributed by atoms with E-state index in [0.717, 1.165) is 5.56 Å². The maximum absolute atomic E-state index is 11.5. The minimum absolute atomic E-state index is 0.000324. The average Bonchev–Trinajstić information content (AvgIpc) is 2.30. The van der Waals surface area contributed by atoms with Gasteiger partial charge >= 0.3 is 5.97 Å². The van der Waals surface area contributed by atoms with Gasteiger partial charge in [0.1, 0.15) is 5.75 Å². The molecule has 0 amide bonds. The van der Waals surface area contributed by atoms with Gasteiger partial charge in [-0.1, -0.05) is 24.3 Å². The van der Waals surface area contributed by atoms with E-state index < -0.39 is 0 Å². The molecule has 0 aliphatic heterocycles. The van der Waals surface area contributed by atoms with Crippen LogP contribution in [0.2, 0.25) is 0 Å². The first-order valence-electron chi connectivity index (χ1n) is 5.74. The van der Waals surface area contributed by atoms with E-state index in [1.807, 2.05) is 31.2 Å². The Labute approximate surface area is 102 Å². The molecule has 1 N–H and O–H groups in total. The van der Waals surface area contributed by atoms with Gasteiger partial charge in [-0.25, -0.2) is 0 Å². The summed E-state index contributed by atoms with van der Waals surface area (Å²) in [6.45, 7) is 4.11. The largest absolute Gasteiger partial charge is 0.508 e. The van der Waals surface area contributed by atoms with Crippen LogP contribution in [0.5, 0.6) is 5.75 Å². The molecule has 0 bridgehead atoms. The van der Waals surface area contributed by atoms with Crippen LogP contribution in [-0.2, 0) is 9.53 Å². The van der Waals surface area contributed by atoms with Gasteiger partial charge in [0.25, 0.3) is 0 Å². The molecule has 1 rings (SSSR count). The first-order valence-corrected chi connectivity index (χ1v) is 5.74. The van der Waals surface area contributed by atoms with E-state index in [1.165, 1.54) is 0 Å². The smallest absolute Gasteiger partial charge is 0.306 e. The van der Waals surface area contributed by atoms with Crippen molar-refractivity contribution in [2.45, 2.75) is 26.2 Å². The Morgan fingerprint density at radius 3 is 2.59 bits per heavy atom. The molecule has 1 unspecified atom stereocenters. The predicted molar refractivity (Wildman–Crippen MR) is 66.9 cm³/mol. The van der Waals surface area contributed by atoms with Crippen molar-refractivity contribution in [2.75, 3.05) is 6.61 Å². The molecule has 0 saturated carbocycles. The van der Waals surface area contributed by atoms with Crippen molar-refractivity contribution in [1.29, 1.82) is 0 Å². The van der Waals surface area contributed by atoms with Crippen molar-refractivity contribution in [3.8, 4) is 5.75 Å². The van der Waals surface area contributed by atoms with Gasteiger partial charge in [0, 0.05) is 5.92 Å². The van der Waals surface area contributed by atoms with Crippen LogP contribution in [0.4, 0.5) is 0 Å². The van der Waals surface area contributed by atoms with E-state index in [2.05, 4.69) is 0 Å². The maximum Gasteiger partial charge on any atom is 0.306 e. The number of benzene rings is 1. The van der Waals surface area contributed by atoms with Crippen LogP contribution in [0.1, 0.15) is 31.7 Å². The number of hydrogen-bond acceptors (Lipinski definition) is 3. The Kier molecular flexibility index (Phi) is 5.27. The van der Waals surface area contributed by atoms with Crippen molar-refractivity contribution < 1.29 is 14.6 Å². The first-order chi connectivity index (χ1) is 8.17. The van der Waals surface area contributed by atoms with Gasteiger partial charge in [0.2, 0.25) is 0 Å². The fraction of sp³-hybridized carbons (Fsp3) is 0.357. The Hall–Kier alpha value is -1.77. The van der Waals surface area contributed by atoms with Gasteiger partial charge in [-0.15, -0.1) is 0 Å². The van der Waals surface area contributed by atoms with Gasteiger partial charge in [0.15, 0.2) is 0 Å². The quantitative estimate of drug-likeness (QED) is 0.629. The number of ether oxygens (including phenoxy) is 1. The molecule has 0 aliphatic rings. The highest BCUT2D eigenvalue weighted by Crippen LogP contribution is 2.23. The molecule has 0 spiro atoms. The van der Waals surface area contributed by atoms with Crippen molar-refractivity contribution >= 4 is 5.97 Å². The fourth-order valence-corrected chi connectivity index (χ4v) is 1.65. The zero-order valence-corrected chi connectivity index (χ0v) is 10.2. The summed E-state index contributed by atoms with van der Waals surface area (Å²) in [7, 11) is 0. The second-order valence-electron chi connectivity index (χ2n) is 3.73. The van der Waals surface area contributed by atoms with E-state index in [0.29, 0.717) is 13.0 Å². The van der Waals surface area contributed by atoms with Crippen LogP contribution in [0.25, 0.3) is 0 Å². The maximum atomic E-state index is 11.5. The molecule has 1 aromatic rings. The van der Waals surface area contributed by atoms with E-state index in [-0.39, 0.29) is 17.6 Å². The molecule has 0 fully saturated rings. The topological polar surface area (TPSA) is 46.5 Å². The van der Waals surface area contributed by atoms with Crippen LogP contribution >= 0.6 is 0 Å². The van der Waals surface area contributed by atoms with Gasteiger partial charge in [-0.3, -0.25) is 4.79 Å². The van der Waals surface area contributed by atoms with E-state index in [9.17, 15) is 9.90 Å². The number of allylic oxidation sites excluding steroid dienone is 2. The fourth-order valence-electron chi connectivity index (χ4n) is 1.65. The summed E-state index contributed by atoms with van der Waals surface area (Å²) >= 11 is 0. The number of aromatic hydroxyl groups is 1. The number of phenolic OH excluding ortho intramolecular Hbond substituents is 1. The first kappa shape index (κ1) is 13.3. The Morgan fingerprint density at radius 2 is 2.06 bits per heavy atom. The van der Waals surface area contributed by atoms with Crippen molar-refractivity contribution in [3.05, 3.63) is 42.0 Å². The predicted octanol–water partition coefficient (Wildman–Crippen LogP) is 3.01. The number of phenols is 1. The van der Waals surface area contributed by atoms with Crippen LogP contribution < -0.4 is 0 Å². The molecule has 17 heavy (non-hydrogen) atoms. The van der Waals surface area contributed by atoms with E-state index >= 15 is 0 Å². The van der Waals surface area contributed by atoms with Gasteiger partial charge in [-0.2, -0.15) is 0 Å². The van der Waals surface area contributed by atoms with E-state index in [4.69, 9.17) is 4.74 Å². The summed E-state index contributed by atoms with van der Waals surface area (Å²) in [5.74, 6) is 0.0208. The Balaban J connectivity index is 2.78. The van der Waals surface area contributed by atoms with Gasteiger partial charge in [-0.05, 0) is 31.5 Å². The number of esters is 1. The van der Waals surface area contributed by atoms with Crippen LogP contribution in [0.3, 0.4) is 0 Å². The number of carbonyl (C=O) groups is 1. The monoisotopic (exact) mass is 234 g/mol. The molecule has 92 valence electrons. The normalized spacial score (nSPS) is 12.6. The zero-order chi connectivity index (χ0) is 12.7. The van der Waals surface area contributed by atoms with Gasteiger partial charge < -0.3 is 9.84 Å². The minimum atomic E-state index is -0.205. The average molecular weight is 234 g/mol. The third kappa shape index (κ3) is 4.31. The minimum Gasteiger partial charge on any atom is -0.508 e. The summed E-state index contributed by atoms with van der Waals surface area (Å²) in [5, 5.41) is 9.22. The number of rotatable bonds is 5. The third-order valence-corrected chi connectivity index (χ3v) is 2.44. The standard InChI is InChI=1S/C14H18O3/c1-3-5-12(10-14(16)17-4-2)11-6-8-13(15)9-7-11/h3,5-9,12,15H,4,10H2,1-2H3. The second-order valence-corrected chi connectivity index (χ2v) is 3.73. The Bertz CT molecular complexity index is 379. The summed E-state index contributed by atoms with van der Waals surface area (Å²) in [5.41, 5.74) is 0.994. The third-order valence-electron chi connectivity index (χ3n) is 2.44. The van der Waals surface area contributed by atoms with Crippen molar-refractivity contribution in [1.82, 2.24) is 0 Å². The molecule has 0 radical (unpaired) electrons. The molecule has 0 aliphatic carbocycles. The SMILES string of the molecule is CC=CC(CC(=O)OCC)c1ccc(O)cc1. The molecule has 0 heterocycles. The summed E-state index contributed by atoms with van der Waals surface area (Å²) in [6.07, 6.45) is 4.20. The van der Waals surface area contributed by atoms with E-state index in [1.54, 1.807) is 19.1 Å². The number of carbonyl (C=O) groups excluding carboxylic acids is 1. The highest BCUT2D eigenvalue weighted by Gasteiger charge is 2.13. The zero-order valence-electron chi connectivity index (χ0n) is 10.2. The molecule has 1 atom stereocenters. The highest BCUT2D eigenvalue weighted by atomic mass is 16.5. The van der Waals surface area contributed by atoms with Crippen molar-refractivity contribution in [3.63, 3.8) is 0 Å². The molecule has 3 heteroatoms. The molecular weight excluding hydrogens is 216 g/mol. The molecule has 3 nitrogen and oxygen atoms in total. The molecule has 0 saturated heterocycles. The van der Waals surface area contributed by atoms with Crippen LogP contribution in [0, 0.1) is 0 Å². The summed E-state index contributed by atoms with van der Waals surface area (Å²) < 4.78 is 4.94. The lowest BCUT2D eigenvalue weighted by Crippen LogP contribution is -2.09. The highest BCUT2D eigenvalue weighted by molar-refractivity contribution is 5.71. The lowest BCUT2D eigenvalue weighted by molar-refractivity contribution is -0.143. The molecule has 0 aromatic heterocycles. The van der Waals surface area contributed by atoms with Crippen LogP contribution in [-0.4, -0.2) is 17.7 Å². The Morgan fingerprint density at radius 1 is 1.41 bits per heavy atom. The summed E-state index contributed by atoms with van der Waals surface area (Å²) in [6, 6.07) is 6.88. The summed E-state index contributed by atoms with van der Waals surface area (Å²) in [4.78, 5) is 11.5. The number of hydrogen-bond donors (Lipinski definition) is 1. The lowest BCUT2D eigenvalue weighted by atomic mass is 9.95. The van der Waals surface area contributed by atoms with Crippen molar-refractivity contribution in [2.24, 2.45) is 0 Å². The van der Waals surface area contributed by atoms with Gasteiger partial charge in [0.05, 0.1) is 13.0 Å². The molecule has 1 aromatic carbocycles. The lowest BCUT2D eigenvalue weighted by Gasteiger charge is -2.12. The second kappa shape index (κ2) is 6.74. The molecular formula is C14H18O3. The van der Waals surface area contributed by atoms with Crippen LogP contribution in [0.15, 0.2) is 36.4 Å².